The van der Waals surface area contributed by atoms with Crippen molar-refractivity contribution in [2.24, 2.45) is 0 Å². The normalized spacial score (nSPS) is 10.4. The van der Waals surface area contributed by atoms with Gasteiger partial charge in [-0.1, -0.05) is 23.2 Å². The van der Waals surface area contributed by atoms with Crippen LogP contribution in [-0.4, -0.2) is 15.1 Å². The summed E-state index contributed by atoms with van der Waals surface area (Å²) in [4.78, 5) is 8.28. The molecule has 1 heterocycles. The summed E-state index contributed by atoms with van der Waals surface area (Å²) in [5.74, 6) is 0.609. The van der Waals surface area contributed by atoms with Crippen LogP contribution in [0.2, 0.25) is 10.0 Å². The first-order chi connectivity index (χ1) is 8.56. The second-order valence-corrected chi connectivity index (χ2v) is 4.55. The van der Waals surface area contributed by atoms with Crippen LogP contribution in [0.1, 0.15) is 11.5 Å². The zero-order valence-electron chi connectivity index (χ0n) is 9.61. The number of halogens is 2. The second kappa shape index (κ2) is 5.42. The molecule has 2 rings (SSSR count). The Balaban J connectivity index is 2.11. The van der Waals surface area contributed by atoms with Crippen molar-refractivity contribution in [2.75, 3.05) is 5.32 Å². The average molecular weight is 284 g/mol. The Morgan fingerprint density at radius 1 is 1.28 bits per heavy atom. The van der Waals surface area contributed by atoms with Crippen molar-refractivity contribution in [1.82, 2.24) is 9.97 Å². The summed E-state index contributed by atoms with van der Waals surface area (Å²) < 4.78 is 0. The van der Waals surface area contributed by atoms with E-state index in [0.717, 1.165) is 17.2 Å². The molecule has 6 heteroatoms. The molecule has 0 aliphatic carbocycles. The number of anilines is 1. The van der Waals surface area contributed by atoms with Crippen LogP contribution in [0.15, 0.2) is 24.4 Å². The molecule has 1 aromatic carbocycles. The number of nitrogens with one attached hydrogen (secondary N) is 1. The Hall–Kier alpha value is -1.52. The molecule has 94 valence electrons. The third-order valence-corrected chi connectivity index (χ3v) is 2.90. The molecule has 2 aromatic rings. The fourth-order valence-corrected chi connectivity index (χ4v) is 1.95. The van der Waals surface area contributed by atoms with Gasteiger partial charge in [0.25, 0.3) is 0 Å². The number of phenols is 1. The van der Waals surface area contributed by atoms with Crippen LogP contribution in [0.25, 0.3) is 0 Å². The summed E-state index contributed by atoms with van der Waals surface area (Å²) in [6.07, 6.45) is 1.70. The molecule has 4 nitrogen and oxygen atoms in total. The van der Waals surface area contributed by atoms with E-state index in [-0.39, 0.29) is 15.8 Å². The van der Waals surface area contributed by atoms with Gasteiger partial charge < -0.3 is 10.4 Å². The van der Waals surface area contributed by atoms with E-state index >= 15 is 0 Å². The molecule has 0 fully saturated rings. The van der Waals surface area contributed by atoms with Crippen molar-refractivity contribution in [2.45, 2.75) is 13.5 Å². The summed E-state index contributed by atoms with van der Waals surface area (Å²) in [7, 11) is 0. The fraction of sp³-hybridized carbons (Fsp3) is 0.167. The van der Waals surface area contributed by atoms with E-state index in [2.05, 4.69) is 15.3 Å². The number of aryl methyl sites for hydroxylation is 1. The fourth-order valence-electron chi connectivity index (χ4n) is 1.46. The molecule has 2 N–H and O–H groups in total. The number of hydrogen-bond acceptors (Lipinski definition) is 4. The molecular weight excluding hydrogens is 273 g/mol. The molecule has 0 aliphatic rings. The van der Waals surface area contributed by atoms with Gasteiger partial charge in [-0.25, -0.2) is 9.97 Å². The molecule has 0 bridgehead atoms. The number of aromatic hydroxyl groups is 1. The predicted octanol–water partition coefficient (Wildman–Crippen LogP) is 3.41. The third kappa shape index (κ3) is 3.03. The number of aromatic nitrogens is 2. The highest BCUT2D eigenvalue weighted by Gasteiger charge is 2.06. The first kappa shape index (κ1) is 12.9. The minimum Gasteiger partial charge on any atom is -0.505 e. The molecule has 0 radical (unpaired) electrons. The van der Waals surface area contributed by atoms with Gasteiger partial charge in [-0.05, 0) is 25.1 Å². The molecule has 1 aromatic heterocycles. The summed E-state index contributed by atoms with van der Waals surface area (Å²) in [6.45, 7) is 2.36. The van der Waals surface area contributed by atoms with Crippen LogP contribution in [0.4, 0.5) is 5.69 Å². The van der Waals surface area contributed by atoms with Gasteiger partial charge in [-0.3, -0.25) is 0 Å². The molecule has 0 saturated carbocycles. The zero-order chi connectivity index (χ0) is 13.1. The van der Waals surface area contributed by atoms with E-state index in [1.807, 2.05) is 13.0 Å². The Morgan fingerprint density at radius 2 is 1.94 bits per heavy atom. The lowest BCUT2D eigenvalue weighted by molar-refractivity contribution is 0.476. The Labute approximate surface area is 115 Å². The van der Waals surface area contributed by atoms with Crippen molar-refractivity contribution in [3.8, 4) is 5.75 Å². The summed E-state index contributed by atoms with van der Waals surface area (Å²) >= 11 is 11.7. The van der Waals surface area contributed by atoms with Gasteiger partial charge in [0.1, 0.15) is 5.82 Å². The lowest BCUT2D eigenvalue weighted by atomic mass is 10.3. The molecular formula is C12H11Cl2N3O. The Kier molecular flexibility index (Phi) is 3.89. The summed E-state index contributed by atoms with van der Waals surface area (Å²) in [5.41, 5.74) is 1.59. The summed E-state index contributed by atoms with van der Waals surface area (Å²) in [6, 6.07) is 5.04. The summed E-state index contributed by atoms with van der Waals surface area (Å²) in [5, 5.41) is 13.0. The largest absolute Gasteiger partial charge is 0.505 e. The van der Waals surface area contributed by atoms with Crippen LogP contribution in [0.3, 0.4) is 0 Å². The van der Waals surface area contributed by atoms with Crippen molar-refractivity contribution in [3.05, 3.63) is 46.0 Å². The minimum absolute atomic E-state index is 0.109. The van der Waals surface area contributed by atoms with Gasteiger partial charge >= 0.3 is 0 Å². The van der Waals surface area contributed by atoms with E-state index in [0.29, 0.717) is 6.54 Å². The quantitative estimate of drug-likeness (QED) is 0.848. The van der Waals surface area contributed by atoms with Crippen LogP contribution in [0, 0.1) is 6.92 Å². The molecule has 0 unspecified atom stereocenters. The van der Waals surface area contributed by atoms with E-state index in [9.17, 15) is 5.11 Å². The van der Waals surface area contributed by atoms with Crippen LogP contribution < -0.4 is 5.32 Å². The minimum atomic E-state index is -0.109. The molecule has 0 atom stereocenters. The maximum Gasteiger partial charge on any atom is 0.152 e. The maximum atomic E-state index is 9.44. The van der Waals surface area contributed by atoms with E-state index in [4.69, 9.17) is 23.2 Å². The zero-order valence-corrected chi connectivity index (χ0v) is 11.1. The highest BCUT2D eigenvalue weighted by atomic mass is 35.5. The molecule has 0 aliphatic heterocycles. The van der Waals surface area contributed by atoms with E-state index in [1.54, 1.807) is 18.3 Å². The van der Waals surface area contributed by atoms with Crippen LogP contribution in [-0.2, 0) is 6.54 Å². The van der Waals surface area contributed by atoms with Gasteiger partial charge in [-0.2, -0.15) is 0 Å². The van der Waals surface area contributed by atoms with Gasteiger partial charge in [0.15, 0.2) is 5.75 Å². The topological polar surface area (TPSA) is 58.0 Å². The highest BCUT2D eigenvalue weighted by molar-refractivity contribution is 6.37. The van der Waals surface area contributed by atoms with Crippen LogP contribution in [0.5, 0.6) is 5.75 Å². The first-order valence-electron chi connectivity index (χ1n) is 5.26. The number of phenolic OH excluding ortho intramolecular Hbond substituents is 1. The van der Waals surface area contributed by atoms with Crippen molar-refractivity contribution in [3.63, 3.8) is 0 Å². The monoisotopic (exact) mass is 283 g/mol. The molecule has 0 saturated heterocycles. The predicted molar refractivity (Wildman–Crippen MR) is 72.2 cm³/mol. The Morgan fingerprint density at radius 3 is 2.56 bits per heavy atom. The van der Waals surface area contributed by atoms with Crippen molar-refractivity contribution >= 4 is 28.9 Å². The van der Waals surface area contributed by atoms with Gasteiger partial charge in [0.2, 0.25) is 0 Å². The van der Waals surface area contributed by atoms with Crippen LogP contribution >= 0.6 is 23.2 Å². The molecule has 0 amide bonds. The van der Waals surface area contributed by atoms with Gasteiger partial charge in [0, 0.05) is 11.9 Å². The highest BCUT2D eigenvalue weighted by Crippen LogP contribution is 2.34. The molecule has 18 heavy (non-hydrogen) atoms. The lowest BCUT2D eigenvalue weighted by Crippen LogP contribution is -2.03. The van der Waals surface area contributed by atoms with E-state index < -0.39 is 0 Å². The second-order valence-electron chi connectivity index (χ2n) is 3.74. The third-order valence-electron chi connectivity index (χ3n) is 2.32. The Bertz CT molecular complexity index is 552. The number of rotatable bonds is 3. The molecule has 0 spiro atoms. The van der Waals surface area contributed by atoms with Gasteiger partial charge in [0.05, 0.1) is 22.3 Å². The van der Waals surface area contributed by atoms with E-state index in [1.165, 1.54) is 0 Å². The average Bonchev–Trinajstić information content (AvgIpc) is 2.33. The SMILES string of the molecule is Cc1nccc(CNc2cc(Cl)c(O)c(Cl)c2)n1. The standard InChI is InChI=1S/C12H11Cl2N3O/c1-7-15-3-2-8(17-7)6-16-9-4-10(13)12(18)11(14)5-9/h2-5,16,18H,6H2,1H3. The number of nitrogens with zero attached hydrogens (tertiary/aromatic N) is 2. The first-order valence-corrected chi connectivity index (χ1v) is 6.02. The van der Waals surface area contributed by atoms with Gasteiger partial charge in [-0.15, -0.1) is 0 Å². The maximum absolute atomic E-state index is 9.44. The lowest BCUT2D eigenvalue weighted by Gasteiger charge is -2.08. The smallest absolute Gasteiger partial charge is 0.152 e. The number of hydrogen-bond donors (Lipinski definition) is 2. The number of benzene rings is 1. The van der Waals surface area contributed by atoms with Crippen molar-refractivity contribution in [1.29, 1.82) is 0 Å². The van der Waals surface area contributed by atoms with Crippen molar-refractivity contribution < 1.29 is 5.11 Å².